The molecule has 0 aliphatic carbocycles. The Hall–Kier alpha value is -0.650. The van der Waals surface area contributed by atoms with Gasteiger partial charge in [-0.1, -0.05) is 6.42 Å². The first-order valence-electron chi connectivity index (χ1n) is 6.43. The van der Waals surface area contributed by atoms with Gasteiger partial charge in [0.2, 0.25) is 5.91 Å². The van der Waals surface area contributed by atoms with Crippen molar-refractivity contribution in [2.45, 2.75) is 38.3 Å². The molecule has 0 bridgehead atoms. The molecule has 0 saturated carbocycles. The monoisotopic (exact) mass is 243 g/mol. The van der Waals surface area contributed by atoms with Crippen LogP contribution >= 0.6 is 0 Å². The van der Waals surface area contributed by atoms with Crippen molar-refractivity contribution in [3.05, 3.63) is 0 Å². The lowest BCUT2D eigenvalue weighted by molar-refractivity contribution is -0.130. The Morgan fingerprint density at radius 2 is 2.06 bits per heavy atom. The molecule has 2 unspecified atom stereocenters. The third kappa shape index (κ3) is 4.61. The van der Waals surface area contributed by atoms with Crippen molar-refractivity contribution in [3.8, 4) is 0 Å². The van der Waals surface area contributed by atoms with Gasteiger partial charge in [-0.2, -0.15) is 0 Å². The van der Waals surface area contributed by atoms with Crippen molar-refractivity contribution in [2.75, 3.05) is 33.3 Å². The minimum absolute atomic E-state index is 0.112. The van der Waals surface area contributed by atoms with Crippen LogP contribution in [0.25, 0.3) is 0 Å². The highest BCUT2D eigenvalue weighted by Gasteiger charge is 2.19. The summed E-state index contributed by atoms with van der Waals surface area (Å²) in [6.07, 6.45) is 3.33. The highest BCUT2D eigenvalue weighted by molar-refractivity contribution is 5.81. The standard InChI is InChI=1S/C12H25N3O2/c1-10(15-6-4-3-5-7-15)9-14-12(16)11(8-13)17-2/h10-11H,3-9,13H2,1-2H3,(H,14,16). The number of piperidine rings is 1. The molecule has 3 N–H and O–H groups in total. The fraction of sp³-hybridized carbons (Fsp3) is 0.917. The van der Waals surface area contributed by atoms with Crippen LogP contribution in [0.15, 0.2) is 0 Å². The summed E-state index contributed by atoms with van der Waals surface area (Å²) in [7, 11) is 1.51. The summed E-state index contributed by atoms with van der Waals surface area (Å²) in [4.78, 5) is 14.1. The van der Waals surface area contributed by atoms with Gasteiger partial charge in [0.1, 0.15) is 6.10 Å². The molecule has 1 heterocycles. The van der Waals surface area contributed by atoms with E-state index in [0.29, 0.717) is 12.6 Å². The van der Waals surface area contributed by atoms with Crippen LogP contribution in [-0.2, 0) is 9.53 Å². The summed E-state index contributed by atoms with van der Waals surface area (Å²) in [6, 6.07) is 0.384. The van der Waals surface area contributed by atoms with Gasteiger partial charge in [-0.3, -0.25) is 9.69 Å². The van der Waals surface area contributed by atoms with E-state index in [1.165, 1.54) is 26.4 Å². The van der Waals surface area contributed by atoms with Gasteiger partial charge in [0.15, 0.2) is 0 Å². The molecule has 0 aromatic rings. The molecule has 1 saturated heterocycles. The average Bonchev–Trinajstić information content (AvgIpc) is 2.38. The maximum absolute atomic E-state index is 11.7. The molecule has 100 valence electrons. The van der Waals surface area contributed by atoms with E-state index < -0.39 is 6.10 Å². The Balaban J connectivity index is 2.26. The quantitative estimate of drug-likeness (QED) is 0.686. The topological polar surface area (TPSA) is 67.6 Å². The summed E-state index contributed by atoms with van der Waals surface area (Å²) in [5.41, 5.74) is 5.44. The number of carbonyl (C=O) groups excluding carboxylic acids is 1. The molecule has 1 fully saturated rings. The molecule has 5 heteroatoms. The number of ether oxygens (including phenoxy) is 1. The molecule has 2 atom stereocenters. The largest absolute Gasteiger partial charge is 0.370 e. The van der Waals surface area contributed by atoms with Crippen molar-refractivity contribution in [1.29, 1.82) is 0 Å². The zero-order valence-corrected chi connectivity index (χ0v) is 10.9. The predicted molar refractivity (Wildman–Crippen MR) is 67.7 cm³/mol. The van der Waals surface area contributed by atoms with Crippen LogP contribution < -0.4 is 11.1 Å². The Labute approximate surface area is 104 Å². The van der Waals surface area contributed by atoms with Crippen LogP contribution in [-0.4, -0.2) is 56.2 Å². The number of hydrogen-bond donors (Lipinski definition) is 2. The van der Waals surface area contributed by atoms with Crippen LogP contribution in [0.5, 0.6) is 0 Å². The predicted octanol–water partition coefficient (Wildman–Crippen LogP) is -0.0493. The van der Waals surface area contributed by atoms with Crippen LogP contribution in [0.1, 0.15) is 26.2 Å². The van der Waals surface area contributed by atoms with E-state index in [1.54, 1.807) is 0 Å². The Bertz CT molecular complexity index is 226. The van der Waals surface area contributed by atoms with Gasteiger partial charge in [-0.25, -0.2) is 0 Å². The van der Waals surface area contributed by atoms with Gasteiger partial charge in [0, 0.05) is 26.2 Å². The van der Waals surface area contributed by atoms with Gasteiger partial charge in [-0.05, 0) is 32.9 Å². The molecule has 0 radical (unpaired) electrons. The third-order valence-electron chi connectivity index (χ3n) is 3.38. The van der Waals surface area contributed by atoms with Crippen molar-refractivity contribution in [2.24, 2.45) is 5.73 Å². The average molecular weight is 243 g/mol. The molecule has 17 heavy (non-hydrogen) atoms. The van der Waals surface area contributed by atoms with E-state index >= 15 is 0 Å². The molecule has 1 aliphatic heterocycles. The molecule has 1 rings (SSSR count). The molecule has 0 spiro atoms. The molecule has 1 amide bonds. The molecular formula is C12H25N3O2. The number of nitrogens with two attached hydrogens (primary N) is 1. The van der Waals surface area contributed by atoms with Crippen molar-refractivity contribution < 1.29 is 9.53 Å². The fourth-order valence-corrected chi connectivity index (χ4v) is 2.16. The second kappa shape index (κ2) is 7.63. The first kappa shape index (κ1) is 14.4. The molecule has 5 nitrogen and oxygen atoms in total. The second-order valence-electron chi connectivity index (χ2n) is 4.65. The van der Waals surface area contributed by atoms with Crippen molar-refractivity contribution in [1.82, 2.24) is 10.2 Å². The number of methoxy groups -OCH3 is 1. The number of nitrogens with one attached hydrogen (secondary N) is 1. The normalized spacial score (nSPS) is 20.9. The summed E-state index contributed by atoms with van der Waals surface area (Å²) < 4.78 is 4.99. The number of carbonyl (C=O) groups is 1. The first-order chi connectivity index (χ1) is 8.19. The highest BCUT2D eigenvalue weighted by Crippen LogP contribution is 2.11. The van der Waals surface area contributed by atoms with Gasteiger partial charge in [0.05, 0.1) is 0 Å². The van der Waals surface area contributed by atoms with Crippen LogP contribution in [0.2, 0.25) is 0 Å². The van der Waals surface area contributed by atoms with E-state index in [1.807, 2.05) is 0 Å². The molecule has 1 aliphatic rings. The summed E-state index contributed by atoms with van der Waals surface area (Å²) in [5, 5.41) is 2.90. The minimum atomic E-state index is -0.524. The summed E-state index contributed by atoms with van der Waals surface area (Å²) >= 11 is 0. The Morgan fingerprint density at radius 3 is 2.59 bits per heavy atom. The number of likely N-dealkylation sites (tertiary alicyclic amines) is 1. The lowest BCUT2D eigenvalue weighted by atomic mass is 10.1. The summed E-state index contributed by atoms with van der Waals surface area (Å²) in [5.74, 6) is -0.112. The number of nitrogens with zero attached hydrogens (tertiary/aromatic N) is 1. The maximum atomic E-state index is 11.7. The summed E-state index contributed by atoms with van der Waals surface area (Å²) in [6.45, 7) is 5.32. The zero-order valence-electron chi connectivity index (χ0n) is 10.9. The van der Waals surface area contributed by atoms with E-state index in [0.717, 1.165) is 13.1 Å². The van der Waals surface area contributed by atoms with Gasteiger partial charge < -0.3 is 15.8 Å². The fourth-order valence-electron chi connectivity index (χ4n) is 2.16. The SMILES string of the molecule is COC(CN)C(=O)NCC(C)N1CCCCC1. The van der Waals surface area contributed by atoms with Crippen LogP contribution in [0, 0.1) is 0 Å². The maximum Gasteiger partial charge on any atom is 0.250 e. The lowest BCUT2D eigenvalue weighted by Gasteiger charge is -2.32. The second-order valence-corrected chi connectivity index (χ2v) is 4.65. The smallest absolute Gasteiger partial charge is 0.250 e. The first-order valence-corrected chi connectivity index (χ1v) is 6.43. The van der Waals surface area contributed by atoms with E-state index in [9.17, 15) is 4.79 Å². The highest BCUT2D eigenvalue weighted by atomic mass is 16.5. The van der Waals surface area contributed by atoms with Crippen molar-refractivity contribution in [3.63, 3.8) is 0 Å². The number of hydrogen-bond acceptors (Lipinski definition) is 4. The van der Waals surface area contributed by atoms with Crippen LogP contribution in [0.3, 0.4) is 0 Å². The van der Waals surface area contributed by atoms with Crippen molar-refractivity contribution >= 4 is 5.91 Å². The molecular weight excluding hydrogens is 218 g/mol. The molecule has 0 aromatic carbocycles. The lowest BCUT2D eigenvalue weighted by Crippen LogP contribution is -2.48. The number of amides is 1. The Morgan fingerprint density at radius 1 is 1.41 bits per heavy atom. The van der Waals surface area contributed by atoms with Gasteiger partial charge in [-0.15, -0.1) is 0 Å². The third-order valence-corrected chi connectivity index (χ3v) is 3.38. The van der Waals surface area contributed by atoms with E-state index in [-0.39, 0.29) is 12.5 Å². The number of rotatable bonds is 6. The molecule has 0 aromatic heterocycles. The zero-order chi connectivity index (χ0) is 12.7. The Kier molecular flexibility index (Phi) is 6.47. The van der Waals surface area contributed by atoms with Gasteiger partial charge in [0.25, 0.3) is 0 Å². The van der Waals surface area contributed by atoms with E-state index in [2.05, 4.69) is 17.1 Å². The van der Waals surface area contributed by atoms with Gasteiger partial charge >= 0.3 is 0 Å². The minimum Gasteiger partial charge on any atom is -0.370 e. The van der Waals surface area contributed by atoms with E-state index in [4.69, 9.17) is 10.5 Å². The van der Waals surface area contributed by atoms with Crippen LogP contribution in [0.4, 0.5) is 0 Å².